The van der Waals surface area contributed by atoms with Crippen molar-refractivity contribution >= 4 is 54.3 Å². The lowest BCUT2D eigenvalue weighted by Gasteiger charge is -2.26. The van der Waals surface area contributed by atoms with Crippen LogP contribution in [0.2, 0.25) is 0 Å². The Labute approximate surface area is 302 Å². The fraction of sp³-hybridized carbons (Fsp3) is 0.0588. The van der Waals surface area contributed by atoms with E-state index in [1.807, 2.05) is 6.07 Å². The highest BCUT2D eigenvalue weighted by molar-refractivity contribution is 6.24. The lowest BCUT2D eigenvalue weighted by molar-refractivity contribution is 0.668. The molecule has 244 valence electrons. The number of benzene rings is 9. The van der Waals surface area contributed by atoms with Gasteiger partial charge in [-0.05, 0) is 82.9 Å². The largest absolute Gasteiger partial charge is 0.455 e. The minimum absolute atomic E-state index is 0.133. The van der Waals surface area contributed by atoms with E-state index in [-0.39, 0.29) is 5.41 Å². The number of furan rings is 1. The minimum Gasteiger partial charge on any atom is -0.455 e. The van der Waals surface area contributed by atoms with E-state index in [0.717, 1.165) is 27.5 Å². The summed E-state index contributed by atoms with van der Waals surface area (Å²) in [7, 11) is 0. The Morgan fingerprint density at radius 2 is 0.865 bits per heavy atom. The first kappa shape index (κ1) is 29.3. The Bertz CT molecular complexity index is 3030. The van der Waals surface area contributed by atoms with Gasteiger partial charge in [0.1, 0.15) is 11.2 Å². The van der Waals surface area contributed by atoms with Crippen molar-refractivity contribution in [3.05, 3.63) is 181 Å². The molecule has 0 radical (unpaired) electrons. The van der Waals surface area contributed by atoms with E-state index in [9.17, 15) is 0 Å². The molecule has 1 aliphatic carbocycles. The van der Waals surface area contributed by atoms with Gasteiger partial charge in [0.25, 0.3) is 0 Å². The first-order valence-corrected chi connectivity index (χ1v) is 18.2. The van der Waals surface area contributed by atoms with Crippen LogP contribution in [-0.4, -0.2) is 0 Å². The predicted octanol–water partition coefficient (Wildman–Crippen LogP) is 14.4. The van der Waals surface area contributed by atoms with Crippen molar-refractivity contribution in [2.75, 3.05) is 0 Å². The molecule has 0 atom stereocenters. The number of rotatable bonds is 3. The third-order valence-electron chi connectivity index (χ3n) is 11.6. The molecule has 0 fully saturated rings. The van der Waals surface area contributed by atoms with E-state index in [4.69, 9.17) is 4.42 Å². The van der Waals surface area contributed by atoms with Crippen molar-refractivity contribution in [2.24, 2.45) is 0 Å². The molecule has 0 saturated carbocycles. The smallest absolute Gasteiger partial charge is 0.143 e. The van der Waals surface area contributed by atoms with Gasteiger partial charge < -0.3 is 4.42 Å². The Balaban J connectivity index is 1.10. The van der Waals surface area contributed by atoms with E-state index in [1.165, 1.54) is 82.4 Å². The summed E-state index contributed by atoms with van der Waals surface area (Å²) in [4.78, 5) is 0. The summed E-state index contributed by atoms with van der Waals surface area (Å²) in [5.41, 5.74) is 14.6. The van der Waals surface area contributed by atoms with Crippen molar-refractivity contribution in [3.8, 4) is 44.5 Å². The van der Waals surface area contributed by atoms with Gasteiger partial charge in [-0.15, -0.1) is 0 Å². The van der Waals surface area contributed by atoms with Crippen molar-refractivity contribution in [1.29, 1.82) is 0 Å². The van der Waals surface area contributed by atoms with Gasteiger partial charge in [0.05, 0.1) is 0 Å². The summed E-state index contributed by atoms with van der Waals surface area (Å²) in [5, 5.41) is 9.86. The lowest BCUT2D eigenvalue weighted by Crippen LogP contribution is -2.16. The molecule has 10 aromatic rings. The molecule has 52 heavy (non-hydrogen) atoms. The van der Waals surface area contributed by atoms with Crippen LogP contribution in [0.15, 0.2) is 174 Å². The van der Waals surface area contributed by atoms with E-state index in [1.54, 1.807) is 0 Å². The molecule has 0 spiro atoms. The summed E-state index contributed by atoms with van der Waals surface area (Å²) >= 11 is 0. The highest BCUT2D eigenvalue weighted by Gasteiger charge is 2.38. The summed E-state index contributed by atoms with van der Waals surface area (Å²) in [6, 6.07) is 62.2. The van der Waals surface area contributed by atoms with Crippen LogP contribution in [0, 0.1) is 0 Å². The molecule has 1 nitrogen and oxygen atoms in total. The number of hydrogen-bond acceptors (Lipinski definition) is 1. The molecule has 0 saturated heterocycles. The van der Waals surface area contributed by atoms with Crippen LogP contribution in [0.5, 0.6) is 0 Å². The van der Waals surface area contributed by atoms with Crippen molar-refractivity contribution in [1.82, 2.24) is 0 Å². The molecule has 0 N–H and O–H groups in total. The number of fused-ring (bicyclic) bond motifs is 10. The third-order valence-corrected chi connectivity index (χ3v) is 11.6. The second-order valence-electron chi connectivity index (χ2n) is 14.8. The van der Waals surface area contributed by atoms with E-state index >= 15 is 0 Å². The van der Waals surface area contributed by atoms with Crippen molar-refractivity contribution in [2.45, 2.75) is 19.3 Å². The molecule has 1 aliphatic rings. The first-order valence-electron chi connectivity index (χ1n) is 18.2. The van der Waals surface area contributed by atoms with Gasteiger partial charge in [0, 0.05) is 27.3 Å². The van der Waals surface area contributed by atoms with Crippen LogP contribution in [-0.2, 0) is 5.41 Å². The SMILES string of the molecule is CC1(C)c2c(-c3ccc(-c4c5ccccc5c(-c5cccc6c5oc5ccccc56)c5ccccc45)cc3)cccc2-c2ccc3ccccc3c21. The zero-order valence-corrected chi connectivity index (χ0v) is 29.1. The van der Waals surface area contributed by atoms with Crippen LogP contribution in [0.25, 0.3) is 98.8 Å². The molecular weight excluding hydrogens is 629 g/mol. The average molecular weight is 663 g/mol. The maximum Gasteiger partial charge on any atom is 0.143 e. The van der Waals surface area contributed by atoms with Gasteiger partial charge in [0.15, 0.2) is 0 Å². The third kappa shape index (κ3) is 3.99. The van der Waals surface area contributed by atoms with E-state index in [2.05, 4.69) is 178 Å². The van der Waals surface area contributed by atoms with Crippen molar-refractivity contribution in [3.63, 3.8) is 0 Å². The molecular formula is C51H34O. The van der Waals surface area contributed by atoms with Gasteiger partial charge in [-0.1, -0.05) is 178 Å². The molecule has 0 bridgehead atoms. The normalized spacial score (nSPS) is 13.3. The van der Waals surface area contributed by atoms with Crippen LogP contribution in [0.1, 0.15) is 25.0 Å². The van der Waals surface area contributed by atoms with Crippen molar-refractivity contribution < 1.29 is 4.42 Å². The average Bonchev–Trinajstić information content (AvgIpc) is 3.69. The summed E-state index contributed by atoms with van der Waals surface area (Å²) in [6.07, 6.45) is 0. The Kier molecular flexibility index (Phi) is 6.08. The van der Waals surface area contributed by atoms with Gasteiger partial charge in [-0.25, -0.2) is 0 Å². The first-order chi connectivity index (χ1) is 25.6. The molecule has 1 heteroatoms. The maximum atomic E-state index is 6.59. The lowest BCUT2D eigenvalue weighted by atomic mass is 9.77. The molecule has 0 unspecified atom stereocenters. The van der Waals surface area contributed by atoms with Gasteiger partial charge >= 0.3 is 0 Å². The highest BCUT2D eigenvalue weighted by Crippen LogP contribution is 2.54. The van der Waals surface area contributed by atoms with E-state index in [0.29, 0.717) is 0 Å². The summed E-state index contributed by atoms with van der Waals surface area (Å²) in [5.74, 6) is 0. The molecule has 0 amide bonds. The molecule has 9 aromatic carbocycles. The predicted molar refractivity (Wildman–Crippen MR) is 220 cm³/mol. The van der Waals surface area contributed by atoms with Gasteiger partial charge in [-0.2, -0.15) is 0 Å². The Morgan fingerprint density at radius 3 is 1.60 bits per heavy atom. The van der Waals surface area contributed by atoms with E-state index < -0.39 is 0 Å². The molecule has 11 rings (SSSR count). The van der Waals surface area contributed by atoms with Crippen LogP contribution < -0.4 is 0 Å². The van der Waals surface area contributed by atoms with Crippen LogP contribution >= 0.6 is 0 Å². The fourth-order valence-electron chi connectivity index (χ4n) is 9.48. The second kappa shape index (κ2) is 10.8. The zero-order valence-electron chi connectivity index (χ0n) is 29.1. The quantitative estimate of drug-likeness (QED) is 0.172. The monoisotopic (exact) mass is 662 g/mol. The Hall–Kier alpha value is -6.44. The zero-order chi connectivity index (χ0) is 34.6. The van der Waals surface area contributed by atoms with Gasteiger partial charge in [0.2, 0.25) is 0 Å². The number of hydrogen-bond donors (Lipinski definition) is 0. The minimum atomic E-state index is -0.133. The van der Waals surface area contributed by atoms with Gasteiger partial charge in [-0.3, -0.25) is 0 Å². The second-order valence-corrected chi connectivity index (χ2v) is 14.8. The Morgan fingerprint density at radius 1 is 0.346 bits per heavy atom. The maximum absolute atomic E-state index is 6.59. The standard InChI is InChI=1S/C51H34O/c1-51(2)48-35(20-11-21-41(48)42-30-29-31-13-3-4-14-34(31)49(42)51)32-25-27-33(28-26-32)46-37-16-5-7-18-39(37)47(40-19-8-6-17-38(40)46)44-23-12-22-43-36-15-9-10-24-45(36)52-50(43)44/h3-30H,1-2H3. The molecule has 0 aliphatic heterocycles. The topological polar surface area (TPSA) is 13.1 Å². The van der Waals surface area contributed by atoms with Crippen LogP contribution in [0.4, 0.5) is 0 Å². The summed E-state index contributed by atoms with van der Waals surface area (Å²) in [6.45, 7) is 4.79. The highest BCUT2D eigenvalue weighted by atomic mass is 16.3. The summed E-state index contributed by atoms with van der Waals surface area (Å²) < 4.78 is 6.59. The molecule has 1 aromatic heterocycles. The number of para-hydroxylation sites is 2. The fourth-order valence-corrected chi connectivity index (χ4v) is 9.48. The van der Waals surface area contributed by atoms with Crippen LogP contribution in [0.3, 0.4) is 0 Å². The molecule has 1 heterocycles.